The second-order valence-corrected chi connectivity index (χ2v) is 5.01. The Morgan fingerprint density at radius 2 is 2.00 bits per heavy atom. The van der Waals surface area contributed by atoms with E-state index in [9.17, 15) is 0 Å². The van der Waals surface area contributed by atoms with Gasteiger partial charge in [0.1, 0.15) is 11.5 Å². The molecule has 0 unspecified atom stereocenters. The average molecular weight is 270 g/mol. The molecule has 20 heavy (non-hydrogen) atoms. The summed E-state index contributed by atoms with van der Waals surface area (Å²) in [5.74, 6) is 1.68. The molecule has 0 aliphatic carbocycles. The number of pyridine rings is 1. The summed E-state index contributed by atoms with van der Waals surface area (Å²) in [5.41, 5.74) is 3.64. The number of hydrogen-bond donors (Lipinski definition) is 1. The van der Waals surface area contributed by atoms with E-state index in [4.69, 9.17) is 4.74 Å². The predicted molar refractivity (Wildman–Crippen MR) is 82.2 cm³/mol. The fourth-order valence-corrected chi connectivity index (χ4v) is 1.95. The van der Waals surface area contributed by atoms with Crippen molar-refractivity contribution in [2.75, 3.05) is 6.54 Å². The third kappa shape index (κ3) is 3.81. The van der Waals surface area contributed by atoms with Crippen molar-refractivity contribution in [1.29, 1.82) is 0 Å². The molecular formula is C17H22N2O. The van der Waals surface area contributed by atoms with Crippen LogP contribution in [0.5, 0.6) is 11.5 Å². The van der Waals surface area contributed by atoms with Crippen LogP contribution in [0, 0.1) is 13.8 Å². The van der Waals surface area contributed by atoms with Gasteiger partial charge in [0.15, 0.2) is 0 Å². The van der Waals surface area contributed by atoms with Gasteiger partial charge in [-0.2, -0.15) is 0 Å². The lowest BCUT2D eigenvalue weighted by molar-refractivity contribution is 0.469. The lowest BCUT2D eigenvalue weighted by Crippen LogP contribution is -2.14. The Morgan fingerprint density at radius 3 is 2.75 bits per heavy atom. The maximum absolute atomic E-state index is 5.97. The van der Waals surface area contributed by atoms with Gasteiger partial charge in [-0.25, -0.2) is 0 Å². The zero-order valence-corrected chi connectivity index (χ0v) is 12.4. The van der Waals surface area contributed by atoms with Crippen molar-refractivity contribution in [3.8, 4) is 11.5 Å². The quantitative estimate of drug-likeness (QED) is 0.806. The first-order chi connectivity index (χ1) is 9.70. The Hall–Kier alpha value is -1.87. The van der Waals surface area contributed by atoms with Crippen LogP contribution in [0.3, 0.4) is 0 Å². The molecule has 3 nitrogen and oxygen atoms in total. The van der Waals surface area contributed by atoms with Crippen molar-refractivity contribution in [3.63, 3.8) is 0 Å². The lowest BCUT2D eigenvalue weighted by atomic mass is 10.1. The van der Waals surface area contributed by atoms with Crippen LogP contribution in [0.4, 0.5) is 0 Å². The Labute approximate surface area is 121 Å². The van der Waals surface area contributed by atoms with Gasteiger partial charge < -0.3 is 10.1 Å². The van der Waals surface area contributed by atoms with Gasteiger partial charge in [0.05, 0.1) is 6.20 Å². The maximum atomic E-state index is 5.97. The van der Waals surface area contributed by atoms with Crippen LogP contribution in [-0.2, 0) is 6.54 Å². The molecule has 1 aromatic heterocycles. The molecule has 0 saturated heterocycles. The van der Waals surface area contributed by atoms with Crippen LogP contribution in [0.2, 0.25) is 0 Å². The summed E-state index contributed by atoms with van der Waals surface area (Å²) in [7, 11) is 0. The van der Waals surface area contributed by atoms with Gasteiger partial charge in [-0.05, 0) is 56.1 Å². The second-order valence-electron chi connectivity index (χ2n) is 5.01. The molecule has 0 radical (unpaired) electrons. The summed E-state index contributed by atoms with van der Waals surface area (Å²) < 4.78 is 5.97. The molecule has 1 heterocycles. The number of aryl methyl sites for hydroxylation is 2. The molecule has 1 aromatic carbocycles. The Kier molecular flexibility index (Phi) is 5.13. The number of nitrogens with one attached hydrogen (secondary N) is 1. The first-order valence-corrected chi connectivity index (χ1v) is 7.09. The van der Waals surface area contributed by atoms with Gasteiger partial charge in [0, 0.05) is 18.3 Å². The minimum absolute atomic E-state index is 0.802. The molecule has 0 spiro atoms. The van der Waals surface area contributed by atoms with Gasteiger partial charge in [-0.1, -0.05) is 13.0 Å². The number of benzene rings is 1. The zero-order valence-electron chi connectivity index (χ0n) is 12.4. The van der Waals surface area contributed by atoms with E-state index in [0.717, 1.165) is 36.6 Å². The van der Waals surface area contributed by atoms with Crippen LogP contribution in [-0.4, -0.2) is 11.5 Å². The highest BCUT2D eigenvalue weighted by molar-refractivity contribution is 5.39. The number of hydrogen-bond acceptors (Lipinski definition) is 3. The molecule has 2 rings (SSSR count). The standard InChI is InChI=1S/C17H22N2O/c1-4-8-18-11-15-7-9-19-12-17(15)20-16-6-5-13(2)14(3)10-16/h5-7,9-10,12,18H,4,8,11H2,1-3H3. The van der Waals surface area contributed by atoms with Gasteiger partial charge in [-0.3, -0.25) is 4.98 Å². The van der Waals surface area contributed by atoms with E-state index in [1.54, 1.807) is 12.4 Å². The average Bonchev–Trinajstić information content (AvgIpc) is 2.45. The minimum atomic E-state index is 0.802. The van der Waals surface area contributed by atoms with Crippen LogP contribution in [0.1, 0.15) is 30.0 Å². The summed E-state index contributed by atoms with van der Waals surface area (Å²) in [5, 5.41) is 3.39. The Balaban J connectivity index is 2.13. The van der Waals surface area contributed by atoms with Gasteiger partial charge in [-0.15, -0.1) is 0 Å². The lowest BCUT2D eigenvalue weighted by Gasteiger charge is -2.12. The van der Waals surface area contributed by atoms with Gasteiger partial charge >= 0.3 is 0 Å². The van der Waals surface area contributed by atoms with Crippen LogP contribution >= 0.6 is 0 Å². The van der Waals surface area contributed by atoms with E-state index >= 15 is 0 Å². The highest BCUT2D eigenvalue weighted by Gasteiger charge is 2.05. The monoisotopic (exact) mass is 270 g/mol. The first kappa shape index (κ1) is 14.5. The fraction of sp³-hybridized carbons (Fsp3) is 0.353. The molecule has 3 heteroatoms. The molecule has 2 aromatic rings. The fourth-order valence-electron chi connectivity index (χ4n) is 1.95. The molecule has 0 aliphatic rings. The van der Waals surface area contributed by atoms with Crippen LogP contribution < -0.4 is 10.1 Å². The molecule has 1 N–H and O–H groups in total. The molecule has 0 aliphatic heterocycles. The number of ether oxygens (including phenoxy) is 1. The van der Waals surface area contributed by atoms with Gasteiger partial charge in [0.2, 0.25) is 0 Å². The third-order valence-electron chi connectivity index (χ3n) is 3.32. The summed E-state index contributed by atoms with van der Waals surface area (Å²) in [6.07, 6.45) is 4.70. The maximum Gasteiger partial charge on any atom is 0.150 e. The molecule has 0 saturated carbocycles. The van der Waals surface area contributed by atoms with E-state index in [2.05, 4.69) is 43.2 Å². The Morgan fingerprint density at radius 1 is 1.15 bits per heavy atom. The number of rotatable bonds is 6. The molecule has 106 valence electrons. The molecule has 0 amide bonds. The second kappa shape index (κ2) is 7.06. The predicted octanol–water partition coefficient (Wildman–Crippen LogP) is 3.99. The van der Waals surface area contributed by atoms with Crippen molar-refractivity contribution in [2.24, 2.45) is 0 Å². The zero-order chi connectivity index (χ0) is 14.4. The number of aromatic nitrogens is 1. The summed E-state index contributed by atoms with van der Waals surface area (Å²) in [6, 6.07) is 8.14. The van der Waals surface area contributed by atoms with Crippen LogP contribution in [0.25, 0.3) is 0 Å². The Bertz CT molecular complexity index is 567. The van der Waals surface area contributed by atoms with Crippen molar-refractivity contribution in [3.05, 3.63) is 53.3 Å². The largest absolute Gasteiger partial charge is 0.455 e. The molecular weight excluding hydrogens is 248 g/mol. The summed E-state index contributed by atoms with van der Waals surface area (Å²) in [6.45, 7) is 8.16. The molecule has 0 atom stereocenters. The number of nitrogens with zero attached hydrogens (tertiary/aromatic N) is 1. The van der Waals surface area contributed by atoms with E-state index in [1.165, 1.54) is 11.1 Å². The SMILES string of the molecule is CCCNCc1ccncc1Oc1ccc(C)c(C)c1. The normalized spacial score (nSPS) is 10.6. The van der Waals surface area contributed by atoms with Gasteiger partial charge in [0.25, 0.3) is 0 Å². The summed E-state index contributed by atoms with van der Waals surface area (Å²) >= 11 is 0. The van der Waals surface area contributed by atoms with Crippen molar-refractivity contribution < 1.29 is 4.74 Å². The van der Waals surface area contributed by atoms with Crippen molar-refractivity contribution in [1.82, 2.24) is 10.3 Å². The van der Waals surface area contributed by atoms with Crippen molar-refractivity contribution in [2.45, 2.75) is 33.7 Å². The van der Waals surface area contributed by atoms with Crippen molar-refractivity contribution >= 4 is 0 Å². The van der Waals surface area contributed by atoms with E-state index < -0.39 is 0 Å². The van der Waals surface area contributed by atoms with E-state index in [0.29, 0.717) is 0 Å². The topological polar surface area (TPSA) is 34.2 Å². The van der Waals surface area contributed by atoms with E-state index in [-0.39, 0.29) is 0 Å². The highest BCUT2D eigenvalue weighted by Crippen LogP contribution is 2.26. The van der Waals surface area contributed by atoms with E-state index in [1.807, 2.05) is 12.1 Å². The molecule has 0 bridgehead atoms. The molecule has 0 fully saturated rings. The minimum Gasteiger partial charge on any atom is -0.455 e. The third-order valence-corrected chi connectivity index (χ3v) is 3.32. The summed E-state index contributed by atoms with van der Waals surface area (Å²) in [4.78, 5) is 4.16. The first-order valence-electron chi connectivity index (χ1n) is 7.09. The highest BCUT2D eigenvalue weighted by atomic mass is 16.5. The van der Waals surface area contributed by atoms with Crippen LogP contribution in [0.15, 0.2) is 36.7 Å². The smallest absolute Gasteiger partial charge is 0.150 e.